The molecule has 0 saturated carbocycles. The van der Waals surface area contributed by atoms with Crippen molar-refractivity contribution >= 4 is 11.6 Å². The number of benzene rings is 1. The number of amides is 1. The molecule has 0 saturated heterocycles. The molecule has 6 heteroatoms. The van der Waals surface area contributed by atoms with Crippen molar-refractivity contribution in [3.63, 3.8) is 0 Å². The molecular formula is C17H16N4O2. The average molecular weight is 308 g/mol. The maximum atomic E-state index is 12.4. The van der Waals surface area contributed by atoms with Gasteiger partial charge in [-0.15, -0.1) is 0 Å². The highest BCUT2D eigenvalue weighted by Gasteiger charge is 2.22. The third-order valence-electron chi connectivity index (χ3n) is 4.03. The molecule has 1 N–H and O–H groups in total. The van der Waals surface area contributed by atoms with Gasteiger partial charge in [-0.05, 0) is 43.9 Å². The maximum absolute atomic E-state index is 12.4. The molecule has 0 radical (unpaired) electrons. The van der Waals surface area contributed by atoms with E-state index in [1.54, 1.807) is 37.3 Å². The summed E-state index contributed by atoms with van der Waals surface area (Å²) >= 11 is 0. The van der Waals surface area contributed by atoms with Gasteiger partial charge in [0.05, 0.1) is 16.9 Å². The molecule has 1 aromatic carbocycles. The summed E-state index contributed by atoms with van der Waals surface area (Å²) in [5, 5.41) is 16.1. The molecule has 1 unspecified atom stereocenters. The highest BCUT2D eigenvalue weighted by Crippen LogP contribution is 2.19. The Bertz CT molecular complexity index is 864. The van der Waals surface area contributed by atoms with Crippen molar-refractivity contribution in [1.29, 1.82) is 5.26 Å². The monoisotopic (exact) mass is 308 g/mol. The molecule has 0 aliphatic heterocycles. The molecule has 1 aromatic heterocycles. The summed E-state index contributed by atoms with van der Waals surface area (Å²) in [6, 6.07) is 9.59. The van der Waals surface area contributed by atoms with Crippen LogP contribution in [0.5, 0.6) is 0 Å². The molecular weight excluding hydrogens is 292 g/mol. The number of aryl methyl sites for hydroxylation is 2. The molecule has 1 atom stereocenters. The summed E-state index contributed by atoms with van der Waals surface area (Å²) in [6.07, 6.45) is 2.69. The Labute approximate surface area is 133 Å². The van der Waals surface area contributed by atoms with E-state index in [1.807, 2.05) is 6.07 Å². The van der Waals surface area contributed by atoms with E-state index < -0.39 is 6.04 Å². The second-order valence-electron chi connectivity index (χ2n) is 5.58. The van der Waals surface area contributed by atoms with Gasteiger partial charge in [0.2, 0.25) is 5.91 Å². The molecule has 2 aromatic rings. The Morgan fingerprint density at radius 2 is 2.17 bits per heavy atom. The minimum absolute atomic E-state index is 0.276. The number of hydrogen-bond acceptors (Lipinski definition) is 4. The fourth-order valence-corrected chi connectivity index (χ4v) is 2.73. The summed E-state index contributed by atoms with van der Waals surface area (Å²) in [4.78, 5) is 24.6. The van der Waals surface area contributed by atoms with Gasteiger partial charge in [0.15, 0.2) is 0 Å². The fourth-order valence-electron chi connectivity index (χ4n) is 2.73. The first-order valence-corrected chi connectivity index (χ1v) is 7.52. The van der Waals surface area contributed by atoms with Gasteiger partial charge in [0, 0.05) is 6.07 Å². The Hall–Kier alpha value is -2.94. The normalized spacial score (nSPS) is 13.9. The number of hydrogen-bond donors (Lipinski definition) is 1. The van der Waals surface area contributed by atoms with Crippen molar-refractivity contribution in [3.05, 3.63) is 57.5 Å². The fraction of sp³-hybridized carbons (Fsp3) is 0.294. The van der Waals surface area contributed by atoms with Crippen molar-refractivity contribution in [2.24, 2.45) is 0 Å². The SMILES string of the molecule is CC(C(=O)Nc1ccccc1C#N)n1nc2c(cc1=O)CCC2. The second-order valence-corrected chi connectivity index (χ2v) is 5.58. The van der Waals surface area contributed by atoms with E-state index in [0.717, 1.165) is 30.5 Å². The minimum Gasteiger partial charge on any atom is -0.323 e. The third-order valence-corrected chi connectivity index (χ3v) is 4.03. The molecule has 116 valence electrons. The number of para-hydroxylation sites is 1. The maximum Gasteiger partial charge on any atom is 0.267 e. The zero-order valence-corrected chi connectivity index (χ0v) is 12.7. The van der Waals surface area contributed by atoms with Crippen LogP contribution in [0.3, 0.4) is 0 Å². The lowest BCUT2D eigenvalue weighted by Crippen LogP contribution is -2.34. The van der Waals surface area contributed by atoms with E-state index >= 15 is 0 Å². The topological polar surface area (TPSA) is 87.8 Å². The standard InChI is InChI=1S/C17H16N4O2/c1-11(17(23)19-14-7-3-2-5-13(14)10-18)21-16(22)9-12-6-4-8-15(12)20-21/h2-3,5,7,9,11H,4,6,8H2,1H3,(H,19,23). The van der Waals surface area contributed by atoms with Crippen LogP contribution < -0.4 is 10.9 Å². The van der Waals surface area contributed by atoms with Gasteiger partial charge in [-0.2, -0.15) is 10.4 Å². The van der Waals surface area contributed by atoms with Gasteiger partial charge in [-0.25, -0.2) is 4.68 Å². The molecule has 23 heavy (non-hydrogen) atoms. The lowest BCUT2D eigenvalue weighted by Gasteiger charge is -2.15. The minimum atomic E-state index is -0.750. The highest BCUT2D eigenvalue weighted by molar-refractivity contribution is 5.94. The van der Waals surface area contributed by atoms with Crippen molar-refractivity contribution in [2.45, 2.75) is 32.2 Å². The van der Waals surface area contributed by atoms with E-state index in [9.17, 15) is 9.59 Å². The van der Waals surface area contributed by atoms with Crippen LogP contribution in [0.15, 0.2) is 35.1 Å². The number of nitriles is 1. The van der Waals surface area contributed by atoms with Gasteiger partial charge < -0.3 is 5.32 Å². The number of anilines is 1. The quantitative estimate of drug-likeness (QED) is 0.936. The molecule has 0 fully saturated rings. The van der Waals surface area contributed by atoms with E-state index in [4.69, 9.17) is 5.26 Å². The van der Waals surface area contributed by atoms with Crippen LogP contribution in [0.2, 0.25) is 0 Å². The molecule has 1 amide bonds. The first-order chi connectivity index (χ1) is 11.1. The highest BCUT2D eigenvalue weighted by atomic mass is 16.2. The van der Waals surface area contributed by atoms with Crippen LogP contribution in [-0.2, 0) is 17.6 Å². The lowest BCUT2D eigenvalue weighted by molar-refractivity contribution is -0.119. The van der Waals surface area contributed by atoms with E-state index in [0.29, 0.717) is 11.3 Å². The number of nitrogens with zero attached hydrogens (tertiary/aromatic N) is 3. The van der Waals surface area contributed by atoms with Gasteiger partial charge in [-0.1, -0.05) is 12.1 Å². The van der Waals surface area contributed by atoms with Crippen LogP contribution in [-0.4, -0.2) is 15.7 Å². The average Bonchev–Trinajstić information content (AvgIpc) is 3.01. The Kier molecular flexibility index (Phi) is 3.94. The van der Waals surface area contributed by atoms with Gasteiger partial charge >= 0.3 is 0 Å². The Morgan fingerprint density at radius 1 is 1.39 bits per heavy atom. The molecule has 1 aliphatic rings. The molecule has 1 aliphatic carbocycles. The summed E-state index contributed by atoms with van der Waals surface area (Å²) in [5.41, 5.74) is 2.40. The number of carbonyl (C=O) groups excluding carboxylic acids is 1. The number of aromatic nitrogens is 2. The van der Waals surface area contributed by atoms with Crippen LogP contribution in [0, 0.1) is 11.3 Å². The van der Waals surface area contributed by atoms with Crippen LogP contribution in [0.25, 0.3) is 0 Å². The van der Waals surface area contributed by atoms with Crippen LogP contribution >= 0.6 is 0 Å². The number of fused-ring (bicyclic) bond motifs is 1. The summed E-state index contributed by atoms with van der Waals surface area (Å²) in [6.45, 7) is 1.63. The summed E-state index contributed by atoms with van der Waals surface area (Å²) in [5.74, 6) is -0.375. The first kappa shape index (κ1) is 15.0. The number of nitrogens with one attached hydrogen (secondary N) is 1. The predicted octanol–water partition coefficient (Wildman–Crippen LogP) is 1.80. The lowest BCUT2D eigenvalue weighted by atomic mass is 10.2. The largest absolute Gasteiger partial charge is 0.323 e. The smallest absolute Gasteiger partial charge is 0.267 e. The van der Waals surface area contributed by atoms with E-state index in [-0.39, 0.29) is 11.5 Å². The second kappa shape index (κ2) is 6.05. The molecule has 1 heterocycles. The number of rotatable bonds is 3. The zero-order chi connectivity index (χ0) is 16.4. The van der Waals surface area contributed by atoms with Crippen molar-refractivity contribution in [2.75, 3.05) is 5.32 Å². The van der Waals surface area contributed by atoms with Crippen molar-refractivity contribution < 1.29 is 4.79 Å². The van der Waals surface area contributed by atoms with Crippen LogP contribution in [0.1, 0.15) is 36.2 Å². The van der Waals surface area contributed by atoms with Crippen molar-refractivity contribution in [3.8, 4) is 6.07 Å². The van der Waals surface area contributed by atoms with E-state index in [2.05, 4.69) is 10.4 Å². The van der Waals surface area contributed by atoms with Gasteiger partial charge in [0.25, 0.3) is 5.56 Å². The molecule has 0 bridgehead atoms. The van der Waals surface area contributed by atoms with Gasteiger partial charge in [-0.3, -0.25) is 9.59 Å². The molecule has 0 spiro atoms. The van der Waals surface area contributed by atoms with E-state index in [1.165, 1.54) is 4.68 Å². The van der Waals surface area contributed by atoms with Crippen molar-refractivity contribution in [1.82, 2.24) is 9.78 Å². The first-order valence-electron chi connectivity index (χ1n) is 7.52. The zero-order valence-electron chi connectivity index (χ0n) is 12.7. The number of carbonyl (C=O) groups is 1. The molecule has 6 nitrogen and oxygen atoms in total. The summed E-state index contributed by atoms with van der Waals surface area (Å²) in [7, 11) is 0. The predicted molar refractivity (Wildman–Crippen MR) is 85.0 cm³/mol. The third kappa shape index (κ3) is 2.86. The molecule has 3 rings (SSSR count). The van der Waals surface area contributed by atoms with Gasteiger partial charge in [0.1, 0.15) is 12.1 Å². The summed E-state index contributed by atoms with van der Waals surface area (Å²) < 4.78 is 1.22. The van der Waals surface area contributed by atoms with Crippen LogP contribution in [0.4, 0.5) is 5.69 Å². The Morgan fingerprint density at radius 3 is 2.96 bits per heavy atom. The Balaban J connectivity index is 1.86.